The molecule has 41 heavy (non-hydrogen) atoms. The summed E-state index contributed by atoms with van der Waals surface area (Å²) in [5.74, 6) is -1.30. The van der Waals surface area contributed by atoms with Gasteiger partial charge in [0.25, 0.3) is 5.91 Å². The third kappa shape index (κ3) is 5.67. The van der Waals surface area contributed by atoms with E-state index in [2.05, 4.69) is 25.4 Å². The third-order valence-corrected chi connectivity index (χ3v) is 6.85. The Morgan fingerprint density at radius 2 is 1.83 bits per heavy atom. The number of nitrogens with one attached hydrogen (secondary N) is 1. The molecule has 10 nitrogen and oxygen atoms in total. The molecule has 0 aliphatic heterocycles. The van der Waals surface area contributed by atoms with E-state index in [0.717, 1.165) is 6.07 Å². The number of aromatic nitrogens is 5. The molecule has 3 aromatic heterocycles. The first kappa shape index (κ1) is 27.9. The number of aryl methyl sites for hydroxylation is 1. The first-order chi connectivity index (χ1) is 19.4. The lowest BCUT2D eigenvalue weighted by atomic mass is 10.0. The quantitative estimate of drug-likeness (QED) is 0.317. The van der Waals surface area contributed by atoms with Gasteiger partial charge >= 0.3 is 6.18 Å². The second-order valence-electron chi connectivity index (χ2n) is 10.1. The molecule has 0 radical (unpaired) electrons. The van der Waals surface area contributed by atoms with Crippen LogP contribution in [-0.4, -0.2) is 61.7 Å². The Hall–Kier alpha value is -4.62. The fourth-order valence-corrected chi connectivity index (χ4v) is 4.35. The molecule has 1 aliphatic carbocycles. The number of anilines is 1. The monoisotopic (exact) mass is 571 g/mol. The van der Waals surface area contributed by atoms with Gasteiger partial charge in [-0.1, -0.05) is 17.3 Å². The van der Waals surface area contributed by atoms with Crippen LogP contribution in [-0.2, 0) is 30.1 Å². The zero-order valence-electron chi connectivity index (χ0n) is 22.3. The minimum atomic E-state index is -4.47. The highest BCUT2D eigenvalue weighted by Crippen LogP contribution is 2.59. The van der Waals surface area contributed by atoms with Crippen LogP contribution in [0, 0.1) is 5.82 Å². The van der Waals surface area contributed by atoms with Crippen molar-refractivity contribution in [3.05, 3.63) is 77.3 Å². The van der Waals surface area contributed by atoms with Gasteiger partial charge in [0, 0.05) is 51.4 Å². The molecular formula is C27H25F4N7O3. The Balaban J connectivity index is 1.21. The molecule has 0 unspecified atom stereocenters. The molecule has 4 aromatic rings. The Kier molecular flexibility index (Phi) is 7.09. The van der Waals surface area contributed by atoms with E-state index in [0.29, 0.717) is 34.9 Å². The van der Waals surface area contributed by atoms with E-state index in [4.69, 9.17) is 4.52 Å². The smallest absolute Gasteiger partial charge is 0.358 e. The minimum absolute atomic E-state index is 0.0830. The summed E-state index contributed by atoms with van der Waals surface area (Å²) in [6, 6.07) is 5.34. The summed E-state index contributed by atoms with van der Waals surface area (Å²) in [4.78, 5) is 39.1. The molecule has 1 N–H and O–H groups in total. The zero-order valence-corrected chi connectivity index (χ0v) is 22.3. The van der Waals surface area contributed by atoms with Gasteiger partial charge in [0.1, 0.15) is 17.1 Å². The van der Waals surface area contributed by atoms with Crippen molar-refractivity contribution in [2.75, 3.05) is 19.4 Å². The number of imidazole rings is 1. The van der Waals surface area contributed by atoms with E-state index >= 15 is 0 Å². The Morgan fingerprint density at radius 1 is 1.12 bits per heavy atom. The number of hydrogen-bond donors (Lipinski definition) is 1. The highest BCUT2D eigenvalue weighted by Gasteiger charge is 2.66. The molecule has 2 amide bonds. The number of halogens is 4. The maximum absolute atomic E-state index is 14.8. The topological polar surface area (TPSA) is 119 Å². The van der Waals surface area contributed by atoms with Gasteiger partial charge in [0.2, 0.25) is 5.91 Å². The predicted octanol–water partition coefficient (Wildman–Crippen LogP) is 4.07. The summed E-state index contributed by atoms with van der Waals surface area (Å²) >= 11 is 0. The SMILES string of the molecule is CN(C)C(=O)c1nc(Cc2ncc(-c3ccc(CC(=O)Nc4cc(C5(C(F)(F)F)CC5)on4)c(F)c3)cn2)cn1C. The highest BCUT2D eigenvalue weighted by atomic mass is 19.4. The minimum Gasteiger partial charge on any atom is -0.358 e. The zero-order chi connectivity index (χ0) is 29.5. The number of hydrogen-bond acceptors (Lipinski definition) is 7. The van der Waals surface area contributed by atoms with Crippen molar-refractivity contribution in [1.29, 1.82) is 0 Å². The van der Waals surface area contributed by atoms with Crippen LogP contribution in [0.5, 0.6) is 0 Å². The van der Waals surface area contributed by atoms with Crippen LogP contribution in [0.25, 0.3) is 11.1 Å². The van der Waals surface area contributed by atoms with Gasteiger partial charge in [-0.2, -0.15) is 13.2 Å². The molecule has 0 bridgehead atoms. The molecule has 0 spiro atoms. The first-order valence-electron chi connectivity index (χ1n) is 12.5. The second kappa shape index (κ2) is 10.4. The molecular weight excluding hydrogens is 546 g/mol. The molecule has 1 aliphatic rings. The van der Waals surface area contributed by atoms with E-state index in [-0.39, 0.29) is 42.3 Å². The van der Waals surface area contributed by atoms with E-state index in [1.54, 1.807) is 38.0 Å². The maximum Gasteiger partial charge on any atom is 0.401 e. The number of benzene rings is 1. The van der Waals surface area contributed by atoms with Crippen molar-refractivity contribution in [2.24, 2.45) is 7.05 Å². The van der Waals surface area contributed by atoms with Crippen LogP contribution >= 0.6 is 0 Å². The molecule has 1 fully saturated rings. The summed E-state index contributed by atoms with van der Waals surface area (Å²) in [6.07, 6.45) is 0.0516. The Bertz CT molecular complexity index is 1610. The summed E-state index contributed by atoms with van der Waals surface area (Å²) in [6.45, 7) is 0. The molecule has 5 rings (SSSR count). The first-order valence-corrected chi connectivity index (χ1v) is 12.5. The lowest BCUT2D eigenvalue weighted by Crippen LogP contribution is -2.28. The second-order valence-corrected chi connectivity index (χ2v) is 10.1. The largest absolute Gasteiger partial charge is 0.401 e. The van der Waals surface area contributed by atoms with Crippen molar-refractivity contribution in [1.82, 2.24) is 29.6 Å². The van der Waals surface area contributed by atoms with E-state index < -0.39 is 23.3 Å². The molecule has 0 saturated heterocycles. The van der Waals surface area contributed by atoms with Crippen molar-refractivity contribution < 1.29 is 31.7 Å². The number of rotatable bonds is 8. The van der Waals surface area contributed by atoms with Gasteiger partial charge in [-0.05, 0) is 30.0 Å². The van der Waals surface area contributed by atoms with Crippen LogP contribution in [0.3, 0.4) is 0 Å². The molecule has 1 saturated carbocycles. The predicted molar refractivity (Wildman–Crippen MR) is 137 cm³/mol. The average molecular weight is 572 g/mol. The van der Waals surface area contributed by atoms with Crippen molar-refractivity contribution in [3.8, 4) is 11.1 Å². The highest BCUT2D eigenvalue weighted by molar-refractivity contribution is 5.91. The van der Waals surface area contributed by atoms with E-state index in [1.165, 1.54) is 29.4 Å². The van der Waals surface area contributed by atoms with Crippen molar-refractivity contribution >= 4 is 17.6 Å². The lowest BCUT2D eigenvalue weighted by Gasteiger charge is -2.14. The molecule has 214 valence electrons. The van der Waals surface area contributed by atoms with Gasteiger partial charge in [-0.3, -0.25) is 9.59 Å². The molecule has 0 atom stereocenters. The summed E-state index contributed by atoms with van der Waals surface area (Å²) in [7, 11) is 5.01. The summed E-state index contributed by atoms with van der Waals surface area (Å²) in [5.41, 5.74) is -0.325. The van der Waals surface area contributed by atoms with Gasteiger partial charge in [-0.15, -0.1) is 0 Å². The van der Waals surface area contributed by atoms with Gasteiger partial charge in [0.05, 0.1) is 18.5 Å². The number of amides is 2. The normalized spacial score (nSPS) is 14.1. The Labute approximate surface area is 231 Å². The van der Waals surface area contributed by atoms with Gasteiger partial charge in [0.15, 0.2) is 17.4 Å². The maximum atomic E-state index is 14.8. The lowest BCUT2D eigenvalue weighted by molar-refractivity contribution is -0.165. The van der Waals surface area contributed by atoms with Crippen LogP contribution in [0.4, 0.5) is 23.4 Å². The van der Waals surface area contributed by atoms with Gasteiger partial charge in [-0.25, -0.2) is 19.3 Å². The fraction of sp³-hybridized carbons (Fsp3) is 0.333. The number of carbonyl (C=O) groups is 2. The van der Waals surface area contributed by atoms with E-state index in [9.17, 15) is 27.2 Å². The average Bonchev–Trinajstić information content (AvgIpc) is 3.49. The van der Waals surface area contributed by atoms with Crippen molar-refractivity contribution in [2.45, 2.75) is 37.3 Å². The Morgan fingerprint density at radius 3 is 2.44 bits per heavy atom. The number of nitrogens with zero attached hydrogens (tertiary/aromatic N) is 6. The van der Waals surface area contributed by atoms with Crippen LogP contribution in [0.2, 0.25) is 0 Å². The fourth-order valence-electron chi connectivity index (χ4n) is 4.35. The van der Waals surface area contributed by atoms with Gasteiger partial charge < -0.3 is 19.3 Å². The van der Waals surface area contributed by atoms with Crippen LogP contribution < -0.4 is 5.32 Å². The van der Waals surface area contributed by atoms with Crippen molar-refractivity contribution in [3.63, 3.8) is 0 Å². The van der Waals surface area contributed by atoms with E-state index in [1.807, 2.05) is 0 Å². The molecule has 14 heteroatoms. The molecule has 1 aromatic carbocycles. The third-order valence-electron chi connectivity index (χ3n) is 6.85. The summed E-state index contributed by atoms with van der Waals surface area (Å²) < 4.78 is 61.1. The number of carbonyl (C=O) groups excluding carboxylic acids is 2. The van der Waals surface area contributed by atoms with Crippen LogP contribution in [0.15, 0.2) is 47.4 Å². The summed E-state index contributed by atoms with van der Waals surface area (Å²) in [5, 5.41) is 5.86. The molecule has 3 heterocycles. The standard InChI is InChI=1S/C27H25F4N7O3/c1-37(2)25(40)24-34-18(14-38(24)3)10-21-32-12-17(13-33-21)15-4-5-16(19(28)8-15)9-23(39)35-22-11-20(41-36-22)26(6-7-26)27(29,30)31/h4-5,8,11-14H,6-7,9-10H2,1-3H3,(H,35,36,39). The van der Waals surface area contributed by atoms with Crippen LogP contribution in [0.1, 0.15) is 46.3 Å². The number of alkyl halides is 3.